The highest BCUT2D eigenvalue weighted by molar-refractivity contribution is 5.82. The summed E-state index contributed by atoms with van der Waals surface area (Å²) in [5.74, 6) is 1.10. The first-order chi connectivity index (χ1) is 15.6. The van der Waals surface area contributed by atoms with Crippen LogP contribution in [0.5, 0.6) is 17.4 Å². The SMILES string of the molecule is COc1ccc(COc2ccc(Cc3ccc4ncc(OC)nc4c3C#N)c(F)c2)cc1. The van der Waals surface area contributed by atoms with Gasteiger partial charge in [-0.15, -0.1) is 0 Å². The summed E-state index contributed by atoms with van der Waals surface area (Å²) in [6, 6.07) is 17.9. The van der Waals surface area contributed by atoms with Crippen molar-refractivity contribution in [3.63, 3.8) is 0 Å². The van der Waals surface area contributed by atoms with Gasteiger partial charge >= 0.3 is 0 Å². The van der Waals surface area contributed by atoms with E-state index >= 15 is 0 Å². The van der Waals surface area contributed by atoms with Crippen LogP contribution >= 0.6 is 0 Å². The Labute approximate surface area is 184 Å². The Morgan fingerprint density at radius 3 is 2.38 bits per heavy atom. The maximum atomic E-state index is 14.8. The molecule has 7 heteroatoms. The number of benzene rings is 3. The predicted molar refractivity (Wildman–Crippen MR) is 117 cm³/mol. The highest BCUT2D eigenvalue weighted by atomic mass is 19.1. The largest absolute Gasteiger partial charge is 0.497 e. The van der Waals surface area contributed by atoms with Crippen molar-refractivity contribution >= 4 is 11.0 Å². The molecule has 0 aliphatic rings. The monoisotopic (exact) mass is 429 g/mol. The molecule has 0 amide bonds. The first-order valence-electron chi connectivity index (χ1n) is 9.88. The van der Waals surface area contributed by atoms with Crippen molar-refractivity contribution in [1.82, 2.24) is 9.97 Å². The number of hydrogen-bond acceptors (Lipinski definition) is 6. The van der Waals surface area contributed by atoms with Gasteiger partial charge in [0.15, 0.2) is 0 Å². The van der Waals surface area contributed by atoms with Crippen LogP contribution in [0.2, 0.25) is 0 Å². The van der Waals surface area contributed by atoms with Gasteiger partial charge < -0.3 is 14.2 Å². The Bertz CT molecular complexity index is 1300. The summed E-state index contributed by atoms with van der Waals surface area (Å²) in [6.07, 6.45) is 1.73. The fraction of sp³-hybridized carbons (Fsp3) is 0.160. The van der Waals surface area contributed by atoms with Gasteiger partial charge in [-0.2, -0.15) is 5.26 Å². The molecule has 32 heavy (non-hydrogen) atoms. The molecule has 3 aromatic carbocycles. The third-order valence-corrected chi connectivity index (χ3v) is 5.07. The van der Waals surface area contributed by atoms with Crippen molar-refractivity contribution in [2.24, 2.45) is 0 Å². The van der Waals surface area contributed by atoms with Gasteiger partial charge in [0, 0.05) is 12.5 Å². The lowest BCUT2D eigenvalue weighted by Crippen LogP contribution is -2.01. The van der Waals surface area contributed by atoms with E-state index in [-0.39, 0.29) is 6.42 Å². The van der Waals surface area contributed by atoms with Crippen LogP contribution in [0.3, 0.4) is 0 Å². The lowest BCUT2D eigenvalue weighted by atomic mass is 9.98. The summed E-state index contributed by atoms with van der Waals surface area (Å²) in [4.78, 5) is 8.60. The second-order valence-corrected chi connectivity index (χ2v) is 7.06. The second kappa shape index (κ2) is 9.31. The Kier molecular flexibility index (Phi) is 6.13. The maximum absolute atomic E-state index is 14.8. The van der Waals surface area contributed by atoms with Crippen LogP contribution in [0.15, 0.2) is 60.8 Å². The Hall–Kier alpha value is -4.18. The molecule has 1 heterocycles. The molecule has 6 nitrogen and oxygen atoms in total. The molecule has 160 valence electrons. The van der Waals surface area contributed by atoms with Crippen LogP contribution in [0.1, 0.15) is 22.3 Å². The van der Waals surface area contributed by atoms with E-state index in [1.54, 1.807) is 31.4 Å². The van der Waals surface area contributed by atoms with Gasteiger partial charge in [-0.1, -0.05) is 24.3 Å². The standard InChI is InChI=1S/C25H20FN3O3/c1-30-19-7-3-16(4-8-19)15-32-20-9-5-18(22(26)12-20)11-17-6-10-23-25(21(17)13-27)29-24(31-2)14-28-23/h3-10,12,14H,11,15H2,1-2H3. The molecule has 0 unspecified atom stereocenters. The fourth-order valence-electron chi connectivity index (χ4n) is 3.33. The number of fused-ring (bicyclic) bond motifs is 1. The minimum absolute atomic E-state index is 0.238. The molecule has 0 saturated carbocycles. The Balaban J connectivity index is 1.53. The number of halogens is 1. The molecule has 0 radical (unpaired) electrons. The number of nitrogens with zero attached hydrogens (tertiary/aromatic N) is 3. The topological polar surface area (TPSA) is 77.3 Å². The van der Waals surface area contributed by atoms with Crippen LogP contribution < -0.4 is 14.2 Å². The number of ether oxygens (including phenoxy) is 3. The van der Waals surface area contributed by atoms with Crippen molar-refractivity contribution in [3.05, 3.63) is 88.9 Å². The average molecular weight is 429 g/mol. The third-order valence-electron chi connectivity index (χ3n) is 5.07. The summed E-state index contributed by atoms with van der Waals surface area (Å²) >= 11 is 0. The van der Waals surface area contributed by atoms with Gasteiger partial charge in [0.05, 0.1) is 31.5 Å². The summed E-state index contributed by atoms with van der Waals surface area (Å²) in [7, 11) is 3.09. The number of rotatable bonds is 7. The molecule has 0 saturated heterocycles. The molecular weight excluding hydrogens is 409 g/mol. The molecule has 0 aliphatic heterocycles. The molecule has 0 spiro atoms. The minimum Gasteiger partial charge on any atom is -0.497 e. The molecule has 4 aromatic rings. The van der Waals surface area contributed by atoms with Crippen LogP contribution in [-0.4, -0.2) is 24.2 Å². The number of hydrogen-bond donors (Lipinski definition) is 0. The molecule has 0 aliphatic carbocycles. The molecule has 0 N–H and O–H groups in total. The van der Waals surface area contributed by atoms with Crippen LogP contribution in [0.25, 0.3) is 11.0 Å². The second-order valence-electron chi connectivity index (χ2n) is 7.06. The Morgan fingerprint density at radius 1 is 0.938 bits per heavy atom. The minimum atomic E-state index is -0.405. The number of methoxy groups -OCH3 is 2. The van der Waals surface area contributed by atoms with E-state index < -0.39 is 5.82 Å². The van der Waals surface area contributed by atoms with Crippen molar-refractivity contribution in [2.45, 2.75) is 13.0 Å². The predicted octanol–water partition coefficient (Wildman–Crippen LogP) is 4.83. The van der Waals surface area contributed by atoms with E-state index in [4.69, 9.17) is 14.2 Å². The van der Waals surface area contributed by atoms with E-state index in [0.717, 1.165) is 11.3 Å². The molecule has 0 bridgehead atoms. The van der Waals surface area contributed by atoms with Crippen LogP contribution in [0, 0.1) is 17.1 Å². The van der Waals surface area contributed by atoms with E-state index in [9.17, 15) is 9.65 Å². The molecular formula is C25H20FN3O3. The summed E-state index contributed by atoms with van der Waals surface area (Å²) in [6.45, 7) is 0.312. The van der Waals surface area contributed by atoms with E-state index in [1.807, 2.05) is 24.3 Å². The smallest absolute Gasteiger partial charge is 0.232 e. The number of nitriles is 1. The van der Waals surface area contributed by atoms with Gasteiger partial charge in [0.2, 0.25) is 5.88 Å². The van der Waals surface area contributed by atoms with Crippen LogP contribution in [-0.2, 0) is 13.0 Å². The fourth-order valence-corrected chi connectivity index (χ4v) is 3.33. The van der Waals surface area contributed by atoms with Crippen molar-refractivity contribution in [2.75, 3.05) is 14.2 Å². The lowest BCUT2D eigenvalue weighted by molar-refractivity contribution is 0.304. The van der Waals surface area contributed by atoms with Crippen molar-refractivity contribution in [1.29, 1.82) is 5.26 Å². The van der Waals surface area contributed by atoms with E-state index in [0.29, 0.717) is 46.0 Å². The summed E-state index contributed by atoms with van der Waals surface area (Å²) in [5, 5.41) is 9.70. The molecule has 0 fully saturated rings. The van der Waals surface area contributed by atoms with Gasteiger partial charge in [-0.25, -0.2) is 14.4 Å². The average Bonchev–Trinajstić information content (AvgIpc) is 2.84. The summed E-state index contributed by atoms with van der Waals surface area (Å²) in [5.41, 5.74) is 3.43. The van der Waals surface area contributed by atoms with Gasteiger partial charge in [0.25, 0.3) is 0 Å². The molecule has 0 atom stereocenters. The van der Waals surface area contributed by atoms with Crippen molar-refractivity contribution in [3.8, 4) is 23.4 Å². The normalized spacial score (nSPS) is 10.6. The zero-order valence-electron chi connectivity index (χ0n) is 17.6. The first-order valence-corrected chi connectivity index (χ1v) is 9.88. The first kappa shape index (κ1) is 21.1. The third kappa shape index (κ3) is 4.44. The van der Waals surface area contributed by atoms with Gasteiger partial charge in [-0.05, 0) is 41.0 Å². The summed E-state index contributed by atoms with van der Waals surface area (Å²) < 4.78 is 30.8. The molecule has 1 aromatic heterocycles. The molecule has 4 rings (SSSR count). The van der Waals surface area contributed by atoms with E-state index in [2.05, 4.69) is 16.0 Å². The van der Waals surface area contributed by atoms with Crippen molar-refractivity contribution < 1.29 is 18.6 Å². The maximum Gasteiger partial charge on any atom is 0.232 e. The van der Waals surface area contributed by atoms with E-state index in [1.165, 1.54) is 19.4 Å². The Morgan fingerprint density at radius 2 is 1.69 bits per heavy atom. The zero-order chi connectivity index (χ0) is 22.5. The highest BCUT2D eigenvalue weighted by Gasteiger charge is 2.14. The quantitative estimate of drug-likeness (QED) is 0.419. The number of aromatic nitrogens is 2. The zero-order valence-corrected chi connectivity index (χ0v) is 17.6. The van der Waals surface area contributed by atoms with Gasteiger partial charge in [0.1, 0.15) is 35.5 Å². The van der Waals surface area contributed by atoms with Gasteiger partial charge in [-0.3, -0.25) is 0 Å². The highest BCUT2D eigenvalue weighted by Crippen LogP contribution is 2.26. The van der Waals surface area contributed by atoms with Crippen LogP contribution in [0.4, 0.5) is 4.39 Å². The lowest BCUT2D eigenvalue weighted by Gasteiger charge is -2.11.